The first-order valence-electron chi connectivity index (χ1n) is 3.44. The van der Waals surface area contributed by atoms with E-state index in [1.165, 1.54) is 5.56 Å². The van der Waals surface area contributed by atoms with E-state index in [4.69, 9.17) is 0 Å². The summed E-state index contributed by atoms with van der Waals surface area (Å²) in [5, 5.41) is 7.54. The lowest BCUT2D eigenvalue weighted by Crippen LogP contribution is -2.12. The van der Waals surface area contributed by atoms with E-state index < -0.39 is 0 Å². The summed E-state index contributed by atoms with van der Waals surface area (Å²) in [6, 6.07) is 2.14. The minimum atomic E-state index is 0.962. The largest absolute Gasteiger partial charge is 0.313 e. The Hall–Kier alpha value is -0.340. The van der Waals surface area contributed by atoms with E-state index >= 15 is 0 Å². The topological polar surface area (TPSA) is 12.0 Å². The van der Waals surface area contributed by atoms with Crippen LogP contribution in [0.25, 0.3) is 0 Å². The number of hydrogen-bond acceptors (Lipinski definition) is 2. The first-order chi connectivity index (χ1) is 4.93. The summed E-state index contributed by atoms with van der Waals surface area (Å²) < 4.78 is 0. The molecule has 1 N–H and O–H groups in total. The van der Waals surface area contributed by atoms with Gasteiger partial charge in [-0.15, -0.1) is 0 Å². The lowest BCUT2D eigenvalue weighted by molar-refractivity contribution is 0.696. The third kappa shape index (κ3) is 2.50. The Kier molecular flexibility index (Phi) is 3.47. The van der Waals surface area contributed by atoms with Gasteiger partial charge in [-0.1, -0.05) is 6.92 Å². The molecule has 0 spiro atoms. The van der Waals surface area contributed by atoms with Crippen molar-refractivity contribution in [3.05, 3.63) is 29.3 Å². The highest BCUT2D eigenvalue weighted by Crippen LogP contribution is 2.04. The molecule has 0 saturated carbocycles. The highest BCUT2D eigenvalue weighted by Gasteiger charge is 1.89. The van der Waals surface area contributed by atoms with Crippen molar-refractivity contribution in [2.24, 2.45) is 0 Å². The van der Waals surface area contributed by atoms with E-state index in [0.717, 1.165) is 19.5 Å². The fraction of sp³-hybridized carbons (Fsp3) is 0.375. The molecule has 0 aromatic carbocycles. The van der Waals surface area contributed by atoms with Gasteiger partial charge >= 0.3 is 0 Å². The molecule has 1 rings (SSSR count). The molecule has 0 bridgehead atoms. The minimum absolute atomic E-state index is 0.962. The second kappa shape index (κ2) is 4.47. The third-order valence-electron chi connectivity index (χ3n) is 1.26. The molecule has 0 amide bonds. The van der Waals surface area contributed by atoms with E-state index in [1.807, 2.05) is 0 Å². The van der Waals surface area contributed by atoms with Crippen LogP contribution in [-0.4, -0.2) is 6.54 Å². The van der Waals surface area contributed by atoms with Crippen LogP contribution in [0.4, 0.5) is 0 Å². The van der Waals surface area contributed by atoms with Gasteiger partial charge in [-0.3, -0.25) is 0 Å². The quantitative estimate of drug-likeness (QED) is 0.655. The zero-order chi connectivity index (χ0) is 7.23. The average molecular weight is 154 g/mol. The van der Waals surface area contributed by atoms with Gasteiger partial charge in [0, 0.05) is 6.54 Å². The molecule has 1 radical (unpaired) electrons. The van der Waals surface area contributed by atoms with Gasteiger partial charge in [0.25, 0.3) is 0 Å². The van der Waals surface area contributed by atoms with Gasteiger partial charge in [0.15, 0.2) is 0 Å². The molecular weight excluding hydrogens is 142 g/mol. The summed E-state index contributed by atoms with van der Waals surface area (Å²) in [6.45, 7) is 5.74. The standard InChI is InChI=1S/C8H12NS/c1-2-4-9-6-8-3-5-10-7-8/h3,5,7,9H,1-2,4,6H2. The molecule has 0 saturated heterocycles. The van der Waals surface area contributed by atoms with E-state index in [9.17, 15) is 0 Å². The van der Waals surface area contributed by atoms with Crippen molar-refractivity contribution in [1.82, 2.24) is 5.32 Å². The summed E-state index contributed by atoms with van der Waals surface area (Å²) >= 11 is 1.74. The Morgan fingerprint density at radius 3 is 3.10 bits per heavy atom. The monoisotopic (exact) mass is 154 g/mol. The molecule has 1 aromatic rings. The van der Waals surface area contributed by atoms with Crippen molar-refractivity contribution in [2.75, 3.05) is 6.54 Å². The minimum Gasteiger partial charge on any atom is -0.313 e. The molecule has 2 heteroatoms. The van der Waals surface area contributed by atoms with Crippen LogP contribution in [-0.2, 0) is 6.54 Å². The molecule has 0 atom stereocenters. The Bertz CT molecular complexity index is 158. The number of hydrogen-bond donors (Lipinski definition) is 1. The molecule has 1 heterocycles. The van der Waals surface area contributed by atoms with Crippen LogP contribution in [0.5, 0.6) is 0 Å². The van der Waals surface area contributed by atoms with Gasteiger partial charge in [0.05, 0.1) is 0 Å². The van der Waals surface area contributed by atoms with Gasteiger partial charge in [-0.05, 0) is 35.4 Å². The van der Waals surface area contributed by atoms with Crippen LogP contribution in [0.3, 0.4) is 0 Å². The van der Waals surface area contributed by atoms with Crippen LogP contribution < -0.4 is 5.32 Å². The molecule has 1 nitrogen and oxygen atoms in total. The van der Waals surface area contributed by atoms with Crippen LogP contribution in [0, 0.1) is 6.92 Å². The lowest BCUT2D eigenvalue weighted by Gasteiger charge is -1.98. The maximum atomic E-state index is 3.74. The molecular formula is C8H12NS. The van der Waals surface area contributed by atoms with Gasteiger partial charge < -0.3 is 5.32 Å². The van der Waals surface area contributed by atoms with Gasteiger partial charge in [0.2, 0.25) is 0 Å². The summed E-state index contributed by atoms with van der Waals surface area (Å²) in [7, 11) is 0. The smallest absolute Gasteiger partial charge is 0.0213 e. The second-order valence-corrected chi connectivity index (χ2v) is 2.94. The highest BCUT2D eigenvalue weighted by atomic mass is 32.1. The summed E-state index contributed by atoms with van der Waals surface area (Å²) in [4.78, 5) is 0. The predicted molar refractivity (Wildman–Crippen MR) is 46.0 cm³/mol. The Balaban J connectivity index is 2.15. The van der Waals surface area contributed by atoms with Gasteiger partial charge in [0.1, 0.15) is 0 Å². The Morgan fingerprint density at radius 1 is 1.60 bits per heavy atom. The summed E-state index contributed by atoms with van der Waals surface area (Å²) in [5.41, 5.74) is 1.37. The van der Waals surface area contributed by atoms with Gasteiger partial charge in [-0.2, -0.15) is 11.3 Å². The molecule has 0 aliphatic rings. The second-order valence-electron chi connectivity index (χ2n) is 2.16. The fourth-order valence-electron chi connectivity index (χ4n) is 0.751. The molecule has 0 fully saturated rings. The van der Waals surface area contributed by atoms with Crippen LogP contribution in [0.2, 0.25) is 0 Å². The number of nitrogens with one attached hydrogen (secondary N) is 1. The highest BCUT2D eigenvalue weighted by molar-refractivity contribution is 7.07. The molecule has 0 aliphatic carbocycles. The SMILES string of the molecule is [CH2]CCNCc1ccsc1. The molecule has 1 aromatic heterocycles. The van der Waals surface area contributed by atoms with Crippen LogP contribution in [0.15, 0.2) is 16.8 Å². The summed E-state index contributed by atoms with van der Waals surface area (Å²) in [5.74, 6) is 0. The lowest BCUT2D eigenvalue weighted by atomic mass is 10.3. The zero-order valence-electron chi connectivity index (χ0n) is 5.97. The summed E-state index contributed by atoms with van der Waals surface area (Å²) in [6.07, 6.45) is 0.962. The Morgan fingerprint density at radius 2 is 2.50 bits per heavy atom. The molecule has 0 unspecified atom stereocenters. The maximum Gasteiger partial charge on any atom is 0.0213 e. The molecule has 0 aliphatic heterocycles. The van der Waals surface area contributed by atoms with Crippen molar-refractivity contribution >= 4 is 11.3 Å². The van der Waals surface area contributed by atoms with Crippen molar-refractivity contribution in [2.45, 2.75) is 13.0 Å². The van der Waals surface area contributed by atoms with Crippen molar-refractivity contribution in [3.63, 3.8) is 0 Å². The molecule has 10 heavy (non-hydrogen) atoms. The zero-order valence-corrected chi connectivity index (χ0v) is 6.79. The van der Waals surface area contributed by atoms with Crippen molar-refractivity contribution in [1.29, 1.82) is 0 Å². The van der Waals surface area contributed by atoms with Crippen LogP contribution >= 0.6 is 11.3 Å². The first-order valence-corrected chi connectivity index (χ1v) is 4.39. The fourth-order valence-corrected chi connectivity index (χ4v) is 1.42. The van der Waals surface area contributed by atoms with Crippen molar-refractivity contribution in [3.8, 4) is 0 Å². The van der Waals surface area contributed by atoms with Gasteiger partial charge in [-0.25, -0.2) is 0 Å². The normalized spacial score (nSPS) is 10.1. The van der Waals surface area contributed by atoms with E-state index in [0.29, 0.717) is 0 Å². The number of rotatable bonds is 4. The predicted octanol–water partition coefficient (Wildman–Crippen LogP) is 2.06. The third-order valence-corrected chi connectivity index (χ3v) is 1.99. The van der Waals surface area contributed by atoms with E-state index in [2.05, 4.69) is 29.1 Å². The average Bonchev–Trinajstić information content (AvgIpc) is 2.41. The van der Waals surface area contributed by atoms with Crippen LogP contribution in [0.1, 0.15) is 12.0 Å². The first kappa shape index (κ1) is 7.76. The maximum absolute atomic E-state index is 3.74. The van der Waals surface area contributed by atoms with Crippen molar-refractivity contribution < 1.29 is 0 Å². The van der Waals surface area contributed by atoms with E-state index in [-0.39, 0.29) is 0 Å². The number of thiophene rings is 1. The molecule has 55 valence electrons. The Labute approximate surface area is 66.1 Å². The van der Waals surface area contributed by atoms with E-state index in [1.54, 1.807) is 11.3 Å².